The van der Waals surface area contributed by atoms with E-state index >= 15 is 0 Å². The normalized spacial score (nSPS) is 33.9. The van der Waals surface area contributed by atoms with E-state index in [1.54, 1.807) is 62.4 Å². The molecule has 13 nitrogen and oxygen atoms in total. The number of ether oxygens (including phenoxy) is 3. The van der Waals surface area contributed by atoms with Crippen molar-refractivity contribution < 1.29 is 147 Å². The second-order valence-corrected chi connectivity index (χ2v) is 16.1. The molecule has 0 spiro atoms. The molecule has 2 aromatic rings. The molecule has 6 N–H and O–H groups in total. The first-order chi connectivity index (χ1) is 25.4. The van der Waals surface area contributed by atoms with Gasteiger partial charge in [0.2, 0.25) is 0 Å². The molecule has 6 rings (SSSR count). The molecule has 298 valence electrons. The number of hydrogen-bond acceptors (Lipinski definition) is 12. The molecule has 3 aliphatic carbocycles. The van der Waals surface area contributed by atoms with Gasteiger partial charge in [-0.15, -0.1) is 0 Å². The van der Waals surface area contributed by atoms with Gasteiger partial charge in [0.25, 0.3) is 5.91 Å². The maximum atomic E-state index is 14.7. The number of carbonyl (C=O) groups excluding carboxylic acids is 4. The summed E-state index contributed by atoms with van der Waals surface area (Å²) >= 11 is 0. The number of carbonyl (C=O) groups is 4. The molecule has 9 unspecified atom stereocenters. The van der Waals surface area contributed by atoms with Gasteiger partial charge in [-0.3, -0.25) is 9.59 Å². The van der Waals surface area contributed by atoms with Crippen molar-refractivity contribution in [1.82, 2.24) is 5.32 Å². The monoisotopic (exact) mass is 1200 g/mol. The van der Waals surface area contributed by atoms with Gasteiger partial charge in [0.1, 0.15) is 29.5 Å². The second-order valence-electron chi connectivity index (χ2n) is 16.1. The number of fused-ring (bicyclic) bond motifs is 5. The molecule has 2 aromatic carbocycles. The van der Waals surface area contributed by atoms with Crippen LogP contribution in [0.4, 0.5) is 0 Å². The minimum atomic E-state index is -2.27. The van der Waals surface area contributed by atoms with Crippen LogP contribution in [0.1, 0.15) is 87.4 Å². The summed E-state index contributed by atoms with van der Waals surface area (Å²) in [7, 11) is 0. The van der Waals surface area contributed by atoms with E-state index in [9.17, 15) is 44.7 Å². The maximum absolute atomic E-state index is 14.7. The number of aliphatic hydroxyl groups is 5. The fourth-order valence-electron chi connectivity index (χ4n) is 9.32. The number of nitrogens with one attached hydrogen (secondary N) is 1. The zero-order valence-corrected chi connectivity index (χ0v) is 41.9. The first-order valence-electron chi connectivity index (χ1n) is 18.6. The van der Waals surface area contributed by atoms with Crippen LogP contribution in [0.5, 0.6) is 0 Å². The minimum absolute atomic E-state index is 0. The van der Waals surface area contributed by atoms with E-state index in [1.165, 1.54) is 26.0 Å². The summed E-state index contributed by atoms with van der Waals surface area (Å²) in [5.74, 6) is -4.89. The van der Waals surface area contributed by atoms with E-state index in [1.807, 2.05) is 6.92 Å². The van der Waals surface area contributed by atoms with E-state index in [2.05, 4.69) is 5.32 Å². The van der Waals surface area contributed by atoms with Crippen molar-refractivity contribution in [3.8, 4) is 0 Å². The van der Waals surface area contributed by atoms with Crippen LogP contribution in [0, 0.1) is 105 Å². The summed E-state index contributed by atoms with van der Waals surface area (Å²) in [6.07, 6.45) is -8.46. The van der Waals surface area contributed by atoms with Gasteiger partial charge in [-0.2, -0.15) is 0 Å². The van der Waals surface area contributed by atoms with Crippen molar-refractivity contribution in [3.05, 3.63) is 82.9 Å². The van der Waals surface area contributed by atoms with Crippen LogP contribution in [0.25, 0.3) is 0 Å². The van der Waals surface area contributed by atoms with Gasteiger partial charge >= 0.3 is 11.9 Å². The molecule has 0 aromatic heterocycles. The molecular weight excluding hydrogens is 1150 g/mol. The Balaban J connectivity index is 0.00000348. The number of Topliss-reactive ketones (excluding diaryl/α,β-unsaturated/α-hetero) is 1. The number of ketones is 1. The Bertz CT molecular complexity index is 1810. The second kappa shape index (κ2) is 18.3. The molecule has 2 bridgehead atoms. The van der Waals surface area contributed by atoms with E-state index < -0.39 is 101 Å². The Hall–Kier alpha value is -1.10. The fourth-order valence-corrected chi connectivity index (χ4v) is 9.32. The summed E-state index contributed by atoms with van der Waals surface area (Å²) in [4.78, 5) is 55.5. The zero-order valence-electron chi connectivity index (χ0n) is 32.4. The average molecular weight is 1200 g/mol. The van der Waals surface area contributed by atoms with Crippen molar-refractivity contribution in [2.45, 2.75) is 121 Å². The molecule has 1 amide bonds. The Morgan fingerprint density at radius 2 is 1.54 bits per heavy atom. The number of esters is 2. The Kier molecular flexibility index (Phi) is 15.5. The molecule has 1 saturated heterocycles. The third-order valence-electron chi connectivity index (χ3n) is 12.7. The van der Waals surface area contributed by atoms with Crippen LogP contribution in [0.3, 0.4) is 0 Å². The number of hydrogen-bond donors (Lipinski definition) is 6. The largest absolute Gasteiger partial charge is 0.456 e. The summed E-state index contributed by atoms with van der Waals surface area (Å²) in [6.45, 7) is 7.69. The van der Waals surface area contributed by atoms with Crippen LogP contribution in [-0.2, 0) is 23.8 Å². The predicted molar refractivity (Wildman–Crippen MR) is 193 cm³/mol. The van der Waals surface area contributed by atoms with Crippen molar-refractivity contribution in [3.63, 3.8) is 0 Å². The average Bonchev–Trinajstić information content (AvgIpc) is 3.15. The van der Waals surface area contributed by atoms with Crippen LogP contribution in [0.15, 0.2) is 71.8 Å². The van der Waals surface area contributed by atoms with E-state index in [0.29, 0.717) is 18.4 Å². The van der Waals surface area contributed by atoms with Gasteiger partial charge < -0.3 is 45.1 Å². The quantitative estimate of drug-likeness (QED) is 0.150. The third kappa shape index (κ3) is 8.07. The number of unbranched alkanes of at least 4 members (excludes halogenated alkanes) is 1. The first-order valence-corrected chi connectivity index (χ1v) is 18.6. The Labute approximate surface area is 398 Å². The number of rotatable bonds is 10. The van der Waals surface area contributed by atoms with Gasteiger partial charge in [-0.05, 0) is 55.7 Å². The van der Waals surface area contributed by atoms with Gasteiger partial charge in [-0.25, -0.2) is 9.59 Å². The minimum Gasteiger partial charge on any atom is -0.456 e. The number of aliphatic hydroxyl groups excluding tert-OH is 3. The summed E-state index contributed by atoms with van der Waals surface area (Å²) in [5, 5.41) is 63.2. The zero-order chi connectivity index (χ0) is 39.4. The van der Waals surface area contributed by atoms with E-state index in [-0.39, 0.29) is 124 Å². The van der Waals surface area contributed by atoms with Gasteiger partial charge in [0.05, 0.1) is 35.8 Å². The maximum Gasteiger partial charge on any atom is 0.338 e. The van der Waals surface area contributed by atoms with E-state index in [0.717, 1.165) is 0 Å². The molecular formula is C41H51Ac2NO12. The van der Waals surface area contributed by atoms with Crippen LogP contribution in [-0.4, -0.2) is 110 Å². The van der Waals surface area contributed by atoms with E-state index in [4.69, 9.17) is 14.2 Å². The Morgan fingerprint density at radius 3 is 2.09 bits per heavy atom. The molecule has 15 heteroatoms. The van der Waals surface area contributed by atoms with Crippen molar-refractivity contribution in [2.75, 3.05) is 6.61 Å². The van der Waals surface area contributed by atoms with Crippen LogP contribution >= 0.6 is 0 Å². The summed E-state index contributed by atoms with van der Waals surface area (Å²) < 4.78 is 17.8. The van der Waals surface area contributed by atoms with Crippen molar-refractivity contribution >= 4 is 23.6 Å². The first kappa shape index (κ1) is 47.6. The summed E-state index contributed by atoms with van der Waals surface area (Å²) in [5.41, 5.74) is -7.02. The standard InChI is InChI=1S/C41H51NO12.2Ac/c1-6-7-18-25(42-35(47)23-14-10-8-11-15-23)30(44)37(49)53-26-20-41(51)34(54-36(48)24-16-12-9-13-17-24)32-39(5,27(43)19-28-40(32,50)21-52-28)33(46)31(45)29(22(26)2)38(41,3)4;;/h8-17,25-28,30-32,34,43-45,50-51H,6-7,18-21H2,1-5H3,(H,42,47);;/t25?,26?,27?,28?,30?,31?,32?,34?,39-,40+,41?;;/m1../s1. The molecule has 3 fully saturated rings. The van der Waals surface area contributed by atoms with Gasteiger partial charge in [0, 0.05) is 118 Å². The summed E-state index contributed by atoms with van der Waals surface area (Å²) in [6, 6.07) is 15.2. The Morgan fingerprint density at radius 1 is 0.946 bits per heavy atom. The molecule has 11 atom stereocenters. The topological polar surface area (TPSA) is 209 Å². The molecule has 2 radical (unpaired) electrons. The molecule has 4 aliphatic rings. The third-order valence-corrected chi connectivity index (χ3v) is 12.7. The van der Waals surface area contributed by atoms with Crippen LogP contribution < -0.4 is 5.32 Å². The smallest absolute Gasteiger partial charge is 0.338 e. The van der Waals surface area contributed by atoms with Crippen molar-refractivity contribution in [1.29, 1.82) is 0 Å². The fraction of sp³-hybridized carbons (Fsp3) is 0.561. The predicted octanol–water partition coefficient (Wildman–Crippen LogP) is 2.41. The van der Waals surface area contributed by atoms with Crippen LogP contribution in [0.2, 0.25) is 0 Å². The molecule has 2 saturated carbocycles. The van der Waals surface area contributed by atoms with Gasteiger partial charge in [0.15, 0.2) is 11.9 Å². The molecule has 56 heavy (non-hydrogen) atoms. The van der Waals surface area contributed by atoms with Crippen molar-refractivity contribution in [2.24, 2.45) is 16.7 Å². The number of benzene rings is 2. The number of amides is 1. The molecule has 1 aliphatic heterocycles. The molecule has 1 heterocycles. The van der Waals surface area contributed by atoms with Gasteiger partial charge in [-0.1, -0.05) is 70.0 Å². The SMILES string of the molecule is CCCCC(NC(=O)c1ccccc1)C(O)C(=O)OC1CC2(O)C(OC(=O)c3ccccc3)C3[C@]4(O)COC4CC(O)[C@@]3(C)C(=O)C(O)C(=C1C)C2(C)C.[Ac].[Ac].